The summed E-state index contributed by atoms with van der Waals surface area (Å²) in [6.07, 6.45) is 1.35. The van der Waals surface area contributed by atoms with E-state index >= 15 is 0 Å². The Balaban J connectivity index is 2.34. The van der Waals surface area contributed by atoms with Crippen molar-refractivity contribution in [3.05, 3.63) is 56.2 Å². The first-order valence-corrected chi connectivity index (χ1v) is 6.30. The first-order chi connectivity index (χ1) is 9.88. The van der Waals surface area contributed by atoms with Gasteiger partial charge >= 0.3 is 0 Å². The zero-order valence-corrected chi connectivity index (χ0v) is 11.9. The predicted molar refractivity (Wildman–Crippen MR) is 79.7 cm³/mol. The monoisotopic (exact) mass is 326 g/mol. The Labute approximate surface area is 128 Å². The van der Waals surface area contributed by atoms with Crippen LogP contribution in [0.5, 0.6) is 0 Å². The molecule has 0 atom stereocenters. The van der Waals surface area contributed by atoms with E-state index in [4.69, 9.17) is 28.9 Å². The molecule has 2 rings (SSSR count). The Kier molecular flexibility index (Phi) is 4.25. The van der Waals surface area contributed by atoms with E-state index in [2.05, 4.69) is 10.3 Å². The molecule has 1 aromatic carbocycles. The summed E-state index contributed by atoms with van der Waals surface area (Å²) in [4.78, 5) is 26.0. The van der Waals surface area contributed by atoms with Crippen LogP contribution in [0.1, 0.15) is 10.4 Å². The summed E-state index contributed by atoms with van der Waals surface area (Å²) in [7, 11) is 0. The second-order valence-corrected chi connectivity index (χ2v) is 4.76. The first-order valence-electron chi connectivity index (χ1n) is 5.55. The molecule has 0 spiro atoms. The van der Waals surface area contributed by atoms with Crippen molar-refractivity contribution in [3.8, 4) is 0 Å². The molecule has 0 bridgehead atoms. The zero-order chi connectivity index (χ0) is 15.6. The van der Waals surface area contributed by atoms with E-state index in [-0.39, 0.29) is 21.3 Å². The number of amides is 1. The van der Waals surface area contributed by atoms with Gasteiger partial charge in [0.05, 0.1) is 32.4 Å². The number of benzene rings is 1. The largest absolute Gasteiger partial charge is 0.384 e. The number of hydrogen-bond acceptors (Lipinski definition) is 5. The number of nitro groups is 1. The van der Waals surface area contributed by atoms with Crippen LogP contribution in [0.25, 0.3) is 0 Å². The van der Waals surface area contributed by atoms with Crippen molar-refractivity contribution in [3.63, 3.8) is 0 Å². The van der Waals surface area contributed by atoms with Gasteiger partial charge in [0.15, 0.2) is 0 Å². The Hall–Kier alpha value is -2.38. The molecule has 0 aliphatic carbocycles. The minimum absolute atomic E-state index is 0.0665. The third kappa shape index (κ3) is 3.39. The number of aromatic nitrogens is 1. The molecule has 3 N–H and O–H groups in total. The number of nitrogens with one attached hydrogen (secondary N) is 1. The number of nitrogen functional groups attached to an aromatic ring is 1. The van der Waals surface area contributed by atoms with E-state index in [9.17, 15) is 14.9 Å². The van der Waals surface area contributed by atoms with E-state index in [0.717, 1.165) is 12.1 Å². The van der Waals surface area contributed by atoms with Crippen molar-refractivity contribution >= 4 is 46.3 Å². The highest BCUT2D eigenvalue weighted by Crippen LogP contribution is 2.31. The van der Waals surface area contributed by atoms with Crippen LogP contribution in [0.4, 0.5) is 17.2 Å². The molecule has 2 aromatic rings. The SMILES string of the molecule is Nc1ccc(NC(=O)c2cc([N+](=O)[O-])cc(Cl)c2Cl)cn1. The van der Waals surface area contributed by atoms with Crippen molar-refractivity contribution in [2.24, 2.45) is 0 Å². The number of nitro benzene ring substituents is 1. The highest BCUT2D eigenvalue weighted by molar-refractivity contribution is 6.44. The van der Waals surface area contributed by atoms with Crippen molar-refractivity contribution < 1.29 is 9.72 Å². The van der Waals surface area contributed by atoms with Gasteiger partial charge in [-0.25, -0.2) is 4.98 Å². The lowest BCUT2D eigenvalue weighted by molar-refractivity contribution is -0.384. The fourth-order valence-corrected chi connectivity index (χ4v) is 1.93. The van der Waals surface area contributed by atoms with E-state index in [1.54, 1.807) is 0 Å². The van der Waals surface area contributed by atoms with Gasteiger partial charge in [-0.2, -0.15) is 0 Å². The smallest absolute Gasteiger partial charge is 0.271 e. The fourth-order valence-electron chi connectivity index (χ4n) is 1.52. The molecule has 21 heavy (non-hydrogen) atoms. The molecule has 1 heterocycles. The van der Waals surface area contributed by atoms with Gasteiger partial charge in [0, 0.05) is 12.1 Å². The highest BCUT2D eigenvalue weighted by Gasteiger charge is 2.19. The molecule has 0 fully saturated rings. The summed E-state index contributed by atoms with van der Waals surface area (Å²) < 4.78 is 0. The maximum absolute atomic E-state index is 12.1. The standard InChI is InChI=1S/C12H8Cl2N4O3/c13-9-4-7(18(20)21)3-8(11(9)14)12(19)17-6-1-2-10(15)16-5-6/h1-5H,(H2,15,16)(H,17,19). The van der Waals surface area contributed by atoms with Crippen molar-refractivity contribution in [1.29, 1.82) is 0 Å². The van der Waals surface area contributed by atoms with Crippen LogP contribution >= 0.6 is 23.2 Å². The molecule has 0 unspecified atom stereocenters. The van der Waals surface area contributed by atoms with Crippen LogP contribution in [0.2, 0.25) is 10.0 Å². The number of pyridine rings is 1. The van der Waals surface area contributed by atoms with Crippen molar-refractivity contribution in [1.82, 2.24) is 4.98 Å². The van der Waals surface area contributed by atoms with E-state index < -0.39 is 10.8 Å². The van der Waals surface area contributed by atoms with Gasteiger partial charge in [0.2, 0.25) is 0 Å². The molecule has 108 valence electrons. The van der Waals surface area contributed by atoms with Crippen LogP contribution in [0.3, 0.4) is 0 Å². The number of non-ortho nitro benzene ring substituents is 1. The summed E-state index contributed by atoms with van der Waals surface area (Å²) in [6, 6.07) is 5.16. The molecule has 1 aromatic heterocycles. The van der Waals surface area contributed by atoms with Crippen LogP contribution < -0.4 is 11.1 Å². The molecular weight excluding hydrogens is 319 g/mol. The molecule has 7 nitrogen and oxygen atoms in total. The maximum atomic E-state index is 12.1. The minimum atomic E-state index is -0.663. The lowest BCUT2D eigenvalue weighted by atomic mass is 10.2. The number of anilines is 2. The van der Waals surface area contributed by atoms with Gasteiger partial charge in [0.25, 0.3) is 11.6 Å². The summed E-state index contributed by atoms with van der Waals surface area (Å²) in [5.74, 6) is -0.346. The lowest BCUT2D eigenvalue weighted by Gasteiger charge is -2.07. The fraction of sp³-hybridized carbons (Fsp3) is 0. The third-order valence-corrected chi connectivity index (χ3v) is 3.31. The van der Waals surface area contributed by atoms with Gasteiger partial charge in [0.1, 0.15) is 5.82 Å². The number of nitrogens with two attached hydrogens (primary N) is 1. The molecule has 0 saturated heterocycles. The van der Waals surface area contributed by atoms with Crippen LogP contribution in [-0.4, -0.2) is 15.8 Å². The molecular formula is C12H8Cl2N4O3. The van der Waals surface area contributed by atoms with Crippen LogP contribution in [-0.2, 0) is 0 Å². The lowest BCUT2D eigenvalue weighted by Crippen LogP contribution is -2.13. The van der Waals surface area contributed by atoms with E-state index in [0.29, 0.717) is 11.5 Å². The summed E-state index contributed by atoms with van der Waals surface area (Å²) in [5.41, 5.74) is 5.36. The van der Waals surface area contributed by atoms with Gasteiger partial charge in [-0.15, -0.1) is 0 Å². The summed E-state index contributed by atoms with van der Waals surface area (Å²) in [5, 5.41) is 13.1. The number of halogens is 2. The molecule has 0 radical (unpaired) electrons. The zero-order valence-electron chi connectivity index (χ0n) is 10.3. The van der Waals surface area contributed by atoms with Gasteiger partial charge < -0.3 is 11.1 Å². The average molecular weight is 327 g/mol. The highest BCUT2D eigenvalue weighted by atomic mass is 35.5. The molecule has 0 aliphatic rings. The second-order valence-electron chi connectivity index (χ2n) is 3.97. The molecule has 0 aliphatic heterocycles. The predicted octanol–water partition coefficient (Wildman–Crippen LogP) is 3.13. The maximum Gasteiger partial charge on any atom is 0.271 e. The number of nitrogens with zero attached hydrogens (tertiary/aromatic N) is 2. The average Bonchev–Trinajstić information content (AvgIpc) is 2.43. The molecule has 1 amide bonds. The van der Waals surface area contributed by atoms with Gasteiger partial charge in [-0.3, -0.25) is 14.9 Å². The number of rotatable bonds is 3. The Morgan fingerprint density at radius 3 is 2.62 bits per heavy atom. The van der Waals surface area contributed by atoms with E-state index in [1.807, 2.05) is 0 Å². The van der Waals surface area contributed by atoms with Crippen molar-refractivity contribution in [2.75, 3.05) is 11.1 Å². The first kappa shape index (κ1) is 15.0. The minimum Gasteiger partial charge on any atom is -0.384 e. The third-order valence-electron chi connectivity index (χ3n) is 2.51. The number of carbonyl (C=O) groups is 1. The Morgan fingerprint density at radius 2 is 2.05 bits per heavy atom. The topological polar surface area (TPSA) is 111 Å². The second kappa shape index (κ2) is 5.94. The quantitative estimate of drug-likeness (QED) is 0.664. The Bertz CT molecular complexity index is 719. The number of hydrogen-bond donors (Lipinski definition) is 2. The van der Waals surface area contributed by atoms with Crippen LogP contribution in [0, 0.1) is 10.1 Å². The summed E-state index contributed by atoms with van der Waals surface area (Å²) >= 11 is 11.7. The van der Waals surface area contributed by atoms with Crippen LogP contribution in [0.15, 0.2) is 30.5 Å². The molecule has 0 saturated carbocycles. The van der Waals surface area contributed by atoms with E-state index in [1.165, 1.54) is 18.3 Å². The normalized spacial score (nSPS) is 10.2. The molecule has 9 heteroatoms. The Morgan fingerprint density at radius 1 is 1.33 bits per heavy atom. The van der Waals surface area contributed by atoms with Gasteiger partial charge in [-0.05, 0) is 12.1 Å². The van der Waals surface area contributed by atoms with Crippen molar-refractivity contribution in [2.45, 2.75) is 0 Å². The number of carbonyl (C=O) groups excluding carboxylic acids is 1. The summed E-state index contributed by atoms with van der Waals surface area (Å²) in [6.45, 7) is 0. The van der Waals surface area contributed by atoms with Gasteiger partial charge in [-0.1, -0.05) is 23.2 Å².